The largest absolute Gasteiger partial charge is 0.310 e. The first-order valence-electron chi connectivity index (χ1n) is 7.50. The van der Waals surface area contributed by atoms with Gasteiger partial charge in [0.05, 0.1) is 6.20 Å². The van der Waals surface area contributed by atoms with Crippen LogP contribution in [0.2, 0.25) is 0 Å². The van der Waals surface area contributed by atoms with Gasteiger partial charge in [-0.1, -0.05) is 25.1 Å². The van der Waals surface area contributed by atoms with Gasteiger partial charge < -0.3 is 5.32 Å². The van der Waals surface area contributed by atoms with E-state index in [2.05, 4.69) is 49.3 Å². The highest BCUT2D eigenvalue weighted by Crippen LogP contribution is 2.22. The molecule has 0 saturated heterocycles. The van der Waals surface area contributed by atoms with Gasteiger partial charge in [-0.05, 0) is 56.0 Å². The second-order valence-corrected chi connectivity index (χ2v) is 5.53. The molecule has 1 aromatic heterocycles. The van der Waals surface area contributed by atoms with Crippen LogP contribution in [0, 0.1) is 19.7 Å². The molecule has 21 heavy (non-hydrogen) atoms. The van der Waals surface area contributed by atoms with E-state index in [0.717, 1.165) is 19.4 Å². The van der Waals surface area contributed by atoms with Gasteiger partial charge in [-0.2, -0.15) is 0 Å². The van der Waals surface area contributed by atoms with Gasteiger partial charge in [-0.25, -0.2) is 4.39 Å². The quantitative estimate of drug-likeness (QED) is 0.864. The maximum atomic E-state index is 14.0. The molecular formula is C18H23FN2. The maximum Gasteiger partial charge on any atom is 0.146 e. The molecule has 2 rings (SSSR count). The fourth-order valence-corrected chi connectivity index (χ4v) is 2.45. The van der Waals surface area contributed by atoms with Gasteiger partial charge in [-0.15, -0.1) is 0 Å². The smallest absolute Gasteiger partial charge is 0.146 e. The molecule has 0 bridgehead atoms. The lowest BCUT2D eigenvalue weighted by atomic mass is 9.96. The minimum Gasteiger partial charge on any atom is -0.310 e. The van der Waals surface area contributed by atoms with E-state index < -0.39 is 0 Å². The summed E-state index contributed by atoms with van der Waals surface area (Å²) in [4.78, 5) is 3.84. The number of hydrogen-bond acceptors (Lipinski definition) is 2. The molecule has 1 heterocycles. The third-order valence-corrected chi connectivity index (χ3v) is 3.83. The van der Waals surface area contributed by atoms with Crippen molar-refractivity contribution in [2.75, 3.05) is 6.54 Å². The highest BCUT2D eigenvalue weighted by atomic mass is 19.1. The van der Waals surface area contributed by atoms with E-state index >= 15 is 0 Å². The van der Waals surface area contributed by atoms with E-state index in [1.165, 1.54) is 22.9 Å². The Bertz CT molecular complexity index is 596. The lowest BCUT2D eigenvalue weighted by Gasteiger charge is -2.20. The van der Waals surface area contributed by atoms with Crippen molar-refractivity contribution in [1.29, 1.82) is 0 Å². The molecular weight excluding hydrogens is 263 g/mol. The fourth-order valence-electron chi connectivity index (χ4n) is 2.45. The van der Waals surface area contributed by atoms with Crippen LogP contribution in [0.25, 0.3) is 0 Å². The average molecular weight is 286 g/mol. The van der Waals surface area contributed by atoms with Crippen LogP contribution in [0.4, 0.5) is 4.39 Å². The molecule has 3 heteroatoms. The minimum absolute atomic E-state index is 0.0185. The molecule has 1 atom stereocenters. The number of halogens is 1. The number of rotatable bonds is 6. The molecule has 0 amide bonds. The Kier molecular flexibility index (Phi) is 5.45. The van der Waals surface area contributed by atoms with Gasteiger partial charge in [-0.3, -0.25) is 4.98 Å². The van der Waals surface area contributed by atoms with E-state index in [1.54, 1.807) is 12.3 Å². The number of benzene rings is 1. The van der Waals surface area contributed by atoms with Crippen molar-refractivity contribution >= 4 is 0 Å². The second-order valence-electron chi connectivity index (χ2n) is 5.53. The highest BCUT2D eigenvalue weighted by Gasteiger charge is 2.16. The van der Waals surface area contributed by atoms with Crippen LogP contribution in [0.5, 0.6) is 0 Å². The van der Waals surface area contributed by atoms with E-state index in [0.29, 0.717) is 5.56 Å². The Hall–Kier alpha value is -1.74. The van der Waals surface area contributed by atoms with Crippen molar-refractivity contribution < 1.29 is 4.39 Å². The summed E-state index contributed by atoms with van der Waals surface area (Å²) in [6.07, 6.45) is 4.74. The van der Waals surface area contributed by atoms with Crippen LogP contribution < -0.4 is 5.32 Å². The minimum atomic E-state index is -0.241. The van der Waals surface area contributed by atoms with E-state index in [-0.39, 0.29) is 11.9 Å². The summed E-state index contributed by atoms with van der Waals surface area (Å²) in [6.45, 7) is 7.20. The van der Waals surface area contributed by atoms with Crippen molar-refractivity contribution in [1.82, 2.24) is 10.3 Å². The standard InChI is InChI=1S/C18H23FN2/c1-4-8-21-18(16-7-9-20-12-17(16)19)11-15-6-5-13(2)14(3)10-15/h5-7,9-10,12,18,21H,4,8,11H2,1-3H3. The van der Waals surface area contributed by atoms with E-state index in [1.807, 2.05) is 0 Å². The first-order valence-corrected chi connectivity index (χ1v) is 7.50. The molecule has 2 aromatic rings. The monoisotopic (exact) mass is 286 g/mol. The molecule has 1 N–H and O–H groups in total. The molecule has 0 aliphatic rings. The van der Waals surface area contributed by atoms with Crippen LogP contribution in [0.15, 0.2) is 36.7 Å². The van der Waals surface area contributed by atoms with Crippen LogP contribution in [-0.2, 0) is 6.42 Å². The van der Waals surface area contributed by atoms with Crippen molar-refractivity contribution in [2.24, 2.45) is 0 Å². The topological polar surface area (TPSA) is 24.9 Å². The van der Waals surface area contributed by atoms with Gasteiger partial charge in [0, 0.05) is 17.8 Å². The second kappa shape index (κ2) is 7.32. The first-order chi connectivity index (χ1) is 10.1. The first kappa shape index (κ1) is 15.6. The molecule has 0 radical (unpaired) electrons. The Labute approximate surface area is 126 Å². The fraction of sp³-hybridized carbons (Fsp3) is 0.389. The van der Waals surface area contributed by atoms with Gasteiger partial charge in [0.1, 0.15) is 5.82 Å². The molecule has 0 spiro atoms. The average Bonchev–Trinajstić information content (AvgIpc) is 2.48. The van der Waals surface area contributed by atoms with E-state index in [9.17, 15) is 4.39 Å². The zero-order valence-corrected chi connectivity index (χ0v) is 13.0. The molecule has 1 unspecified atom stereocenters. The summed E-state index contributed by atoms with van der Waals surface area (Å²) in [6, 6.07) is 8.20. The summed E-state index contributed by atoms with van der Waals surface area (Å²) < 4.78 is 14.0. The van der Waals surface area contributed by atoms with Crippen molar-refractivity contribution in [3.63, 3.8) is 0 Å². The summed E-state index contributed by atoms with van der Waals surface area (Å²) >= 11 is 0. The van der Waals surface area contributed by atoms with Crippen LogP contribution >= 0.6 is 0 Å². The zero-order valence-electron chi connectivity index (χ0n) is 13.0. The highest BCUT2D eigenvalue weighted by molar-refractivity contribution is 5.31. The van der Waals surface area contributed by atoms with Gasteiger partial charge in [0.15, 0.2) is 0 Å². The van der Waals surface area contributed by atoms with Gasteiger partial charge in [0.25, 0.3) is 0 Å². The molecule has 112 valence electrons. The Balaban J connectivity index is 2.24. The van der Waals surface area contributed by atoms with Crippen LogP contribution in [0.3, 0.4) is 0 Å². The van der Waals surface area contributed by atoms with Crippen molar-refractivity contribution in [3.8, 4) is 0 Å². The third-order valence-electron chi connectivity index (χ3n) is 3.83. The normalized spacial score (nSPS) is 12.4. The number of aromatic nitrogens is 1. The summed E-state index contributed by atoms with van der Waals surface area (Å²) in [7, 11) is 0. The molecule has 1 aromatic carbocycles. The number of hydrogen-bond donors (Lipinski definition) is 1. The Morgan fingerprint density at radius 3 is 2.67 bits per heavy atom. The van der Waals surface area contributed by atoms with E-state index in [4.69, 9.17) is 0 Å². The molecule has 0 aliphatic carbocycles. The molecule has 0 saturated carbocycles. The Morgan fingerprint density at radius 2 is 2.00 bits per heavy atom. The predicted molar refractivity (Wildman–Crippen MR) is 84.8 cm³/mol. The lowest BCUT2D eigenvalue weighted by Crippen LogP contribution is -2.25. The summed E-state index contributed by atoms with van der Waals surface area (Å²) in [5, 5.41) is 3.44. The van der Waals surface area contributed by atoms with Crippen LogP contribution in [0.1, 0.15) is 41.6 Å². The zero-order chi connectivity index (χ0) is 15.2. The van der Waals surface area contributed by atoms with Gasteiger partial charge in [0.2, 0.25) is 0 Å². The summed E-state index contributed by atoms with van der Waals surface area (Å²) in [5.74, 6) is -0.241. The number of pyridine rings is 1. The predicted octanol–water partition coefficient (Wildman–Crippen LogP) is 4.12. The van der Waals surface area contributed by atoms with Crippen LogP contribution in [-0.4, -0.2) is 11.5 Å². The number of aryl methyl sites for hydroxylation is 2. The van der Waals surface area contributed by atoms with Gasteiger partial charge >= 0.3 is 0 Å². The lowest BCUT2D eigenvalue weighted by molar-refractivity contribution is 0.495. The Morgan fingerprint density at radius 1 is 1.19 bits per heavy atom. The molecule has 0 fully saturated rings. The molecule has 2 nitrogen and oxygen atoms in total. The van der Waals surface area contributed by atoms with Crippen molar-refractivity contribution in [3.05, 3.63) is 64.7 Å². The third kappa shape index (κ3) is 4.11. The maximum absolute atomic E-state index is 14.0. The van der Waals surface area contributed by atoms with Crippen molar-refractivity contribution in [2.45, 2.75) is 39.7 Å². The summed E-state index contributed by atoms with van der Waals surface area (Å²) in [5.41, 5.74) is 4.48. The number of nitrogens with zero attached hydrogens (tertiary/aromatic N) is 1. The molecule has 0 aliphatic heterocycles. The number of nitrogens with one attached hydrogen (secondary N) is 1. The SMILES string of the molecule is CCCNC(Cc1ccc(C)c(C)c1)c1ccncc1F.